The van der Waals surface area contributed by atoms with Crippen molar-refractivity contribution in [2.75, 3.05) is 14.1 Å². The lowest BCUT2D eigenvalue weighted by atomic mass is 10.1. The number of imidazole rings is 2. The Morgan fingerprint density at radius 3 is 1.58 bits per heavy atom. The number of likely N-dealkylation sites (N-methyl/N-ethyl adjacent to an activating group) is 2. The van der Waals surface area contributed by atoms with Crippen molar-refractivity contribution < 1.29 is 18.4 Å². The highest BCUT2D eigenvalue weighted by atomic mass is 16.1. The standard InChI is InChI=1S/2C8H13N3O.4H2/c2*1-6(12)7(9-2)5-8-10-3-4-11-8;;;;/h2*3-4,7,9H,5H2,1-2H3,(H,10,11);4*1H/i;;2*1+1D;2*1+1. The van der Waals surface area contributed by atoms with Gasteiger partial charge in [-0.05, 0) is 27.9 Å². The summed E-state index contributed by atoms with van der Waals surface area (Å²) < 4.78 is 20.0. The molecule has 0 spiro atoms. The number of hydrogen-bond donors (Lipinski definition) is 4. The van der Waals surface area contributed by atoms with Crippen LogP contribution in [-0.4, -0.2) is 57.7 Å². The van der Waals surface area contributed by atoms with Crippen molar-refractivity contribution in [1.82, 2.24) is 30.6 Å². The summed E-state index contributed by atoms with van der Waals surface area (Å²) in [6, 6.07) is -0.257. The number of rotatable bonds is 8. The van der Waals surface area contributed by atoms with Crippen LogP contribution in [0.1, 0.15) is 34.3 Å². The van der Waals surface area contributed by atoms with E-state index in [2.05, 4.69) is 30.6 Å². The summed E-state index contributed by atoms with van der Waals surface area (Å²) in [5.74, 6) is 1.94. The topological polar surface area (TPSA) is 116 Å². The molecule has 0 aliphatic carbocycles. The summed E-state index contributed by atoms with van der Waals surface area (Å²) in [4.78, 5) is 36.0. The maximum atomic E-state index is 11.0. The van der Waals surface area contributed by atoms with Gasteiger partial charge in [-0.15, -0.1) is 0 Å². The lowest BCUT2D eigenvalue weighted by molar-refractivity contribution is -0.119. The number of aromatic amines is 2. The molecular formula is C16H34N6O2. The fourth-order valence-corrected chi connectivity index (χ4v) is 2.10. The van der Waals surface area contributed by atoms with Gasteiger partial charge in [0.2, 0.25) is 0 Å². The van der Waals surface area contributed by atoms with Gasteiger partial charge in [-0.2, -0.15) is 0 Å². The van der Waals surface area contributed by atoms with Crippen molar-refractivity contribution in [3.63, 3.8) is 0 Å². The minimum absolute atomic E-state index is 0. The van der Waals surface area contributed by atoms with Crippen LogP contribution in [0.2, 0.25) is 0 Å². The van der Waals surface area contributed by atoms with E-state index < -0.39 is 0 Å². The third-order valence-electron chi connectivity index (χ3n) is 3.58. The van der Waals surface area contributed by atoms with Crippen molar-refractivity contribution in [2.24, 2.45) is 0 Å². The van der Waals surface area contributed by atoms with Crippen molar-refractivity contribution in [1.29, 1.82) is 0 Å². The van der Waals surface area contributed by atoms with Gasteiger partial charge in [0.25, 0.3) is 0 Å². The van der Waals surface area contributed by atoms with Crippen molar-refractivity contribution in [3.05, 3.63) is 36.4 Å². The molecule has 2 unspecified atom stereocenters. The smallest absolute Gasteiger partial charge is 0.147 e. The second kappa shape index (κ2) is 10.5. The molecule has 0 saturated carbocycles. The molecular weight excluding hydrogens is 308 g/mol. The van der Waals surface area contributed by atoms with Crippen LogP contribution in [0.4, 0.5) is 0 Å². The Labute approximate surface area is 151 Å². The van der Waals surface area contributed by atoms with Crippen molar-refractivity contribution in [2.45, 2.75) is 38.8 Å². The van der Waals surface area contributed by atoms with Gasteiger partial charge in [-0.1, -0.05) is 0 Å². The van der Waals surface area contributed by atoms with Crippen LogP contribution in [0.15, 0.2) is 24.8 Å². The van der Waals surface area contributed by atoms with E-state index in [1.807, 2.05) is 0 Å². The van der Waals surface area contributed by atoms with E-state index in [-0.39, 0.29) is 26.5 Å². The first-order valence-corrected chi connectivity index (χ1v) is 7.79. The van der Waals surface area contributed by atoms with Crippen LogP contribution in [0.3, 0.4) is 0 Å². The minimum atomic E-state index is -0.129. The fraction of sp³-hybridized carbons (Fsp3) is 0.500. The van der Waals surface area contributed by atoms with E-state index in [9.17, 15) is 9.59 Å². The highest BCUT2D eigenvalue weighted by molar-refractivity contribution is 5.81. The number of carbonyl (C=O) groups excluding carboxylic acids is 2. The maximum absolute atomic E-state index is 11.0. The summed E-state index contributed by atoms with van der Waals surface area (Å²) >= 11 is 0. The summed E-state index contributed by atoms with van der Waals surface area (Å²) in [6.45, 7) is 3.15. The molecule has 24 heavy (non-hydrogen) atoms. The van der Waals surface area contributed by atoms with Crippen molar-refractivity contribution >= 4 is 11.6 Å². The molecule has 0 saturated heterocycles. The summed E-state index contributed by atoms with van der Waals surface area (Å²) in [7, 11) is 3.55. The van der Waals surface area contributed by atoms with Crippen LogP contribution in [0.5, 0.6) is 0 Å². The predicted octanol–water partition coefficient (Wildman–Crippen LogP) is 1.24. The molecule has 0 fully saturated rings. The van der Waals surface area contributed by atoms with Gasteiger partial charge >= 0.3 is 0 Å². The molecule has 4 N–H and O–H groups in total. The van der Waals surface area contributed by atoms with Gasteiger partial charge in [0.05, 0.1) is 12.1 Å². The Morgan fingerprint density at radius 2 is 1.38 bits per heavy atom. The second-order valence-corrected chi connectivity index (χ2v) is 5.38. The Bertz CT molecular complexity index is 562. The lowest BCUT2D eigenvalue weighted by Gasteiger charge is -2.09. The number of nitrogens with zero attached hydrogens (tertiary/aromatic N) is 2. The summed E-state index contributed by atoms with van der Waals surface area (Å²) in [6.07, 6.45) is 8.12. The van der Waals surface area contributed by atoms with Gasteiger partial charge < -0.3 is 20.6 Å². The molecule has 2 aromatic heterocycles. The average molecular weight is 349 g/mol. The maximum Gasteiger partial charge on any atom is 0.147 e. The lowest BCUT2D eigenvalue weighted by Crippen LogP contribution is -2.34. The highest BCUT2D eigenvalue weighted by Crippen LogP contribution is 1.97. The zero-order valence-corrected chi connectivity index (χ0v) is 14.6. The van der Waals surface area contributed by atoms with Gasteiger partial charge in [0, 0.05) is 46.4 Å². The molecule has 2 atom stereocenters. The zero-order valence-electron chi connectivity index (χ0n) is 18.6. The predicted molar refractivity (Wildman–Crippen MR) is 100 cm³/mol. The molecule has 0 aliphatic rings. The van der Waals surface area contributed by atoms with E-state index in [0.717, 1.165) is 11.6 Å². The fourth-order valence-electron chi connectivity index (χ4n) is 2.10. The minimum Gasteiger partial charge on any atom is -0.349 e. The normalized spacial score (nSPS) is 13.5. The largest absolute Gasteiger partial charge is 0.349 e. The number of hydrogen-bond acceptors (Lipinski definition) is 6. The Kier molecular flexibility index (Phi) is 7.20. The number of carbonyl (C=O) groups is 2. The van der Waals surface area contributed by atoms with Crippen LogP contribution >= 0.6 is 0 Å². The third-order valence-corrected chi connectivity index (χ3v) is 3.58. The second-order valence-electron chi connectivity index (χ2n) is 5.38. The van der Waals surface area contributed by atoms with Gasteiger partial charge in [0.15, 0.2) is 0 Å². The van der Waals surface area contributed by atoms with Crippen LogP contribution in [-0.2, 0) is 22.4 Å². The summed E-state index contributed by atoms with van der Waals surface area (Å²) in [5, 5.41) is 5.86. The zero-order chi connectivity index (χ0) is 21.9. The van der Waals surface area contributed by atoms with Gasteiger partial charge in [-0.3, -0.25) is 9.59 Å². The number of aromatic nitrogens is 4. The molecule has 0 radical (unpaired) electrons. The van der Waals surface area contributed by atoms with Crippen molar-refractivity contribution in [3.8, 4) is 0 Å². The molecule has 0 bridgehead atoms. The Balaban J connectivity index is -0.000000183. The highest BCUT2D eigenvalue weighted by Gasteiger charge is 2.13. The molecule has 2 aromatic rings. The third kappa shape index (κ3) is 6.84. The summed E-state index contributed by atoms with van der Waals surface area (Å²) in [5.41, 5.74) is 0. The van der Waals surface area contributed by atoms with Crippen LogP contribution in [0.25, 0.3) is 0 Å². The molecule has 0 aliphatic heterocycles. The first kappa shape index (κ1) is 16.5. The monoisotopic (exact) mass is 348 g/mol. The number of ketones is 2. The molecule has 2 rings (SSSR count). The number of nitrogens with one attached hydrogen (secondary N) is 4. The van der Waals surface area contributed by atoms with E-state index in [1.165, 1.54) is 0 Å². The van der Waals surface area contributed by atoms with Gasteiger partial charge in [-0.25, -0.2) is 9.97 Å². The van der Waals surface area contributed by atoms with E-state index >= 15 is 0 Å². The molecule has 2 heterocycles. The van der Waals surface area contributed by atoms with E-state index in [4.69, 9.17) is 5.94 Å². The van der Waals surface area contributed by atoms with Crippen LogP contribution < -0.4 is 10.6 Å². The number of H-pyrrole nitrogens is 2. The molecule has 140 valence electrons. The molecule has 8 heteroatoms. The number of Topliss-reactive ketones (excluding diaryl/α,β-unsaturated/α-hetero) is 2. The molecule has 0 aromatic carbocycles. The Hall–Kier alpha value is -2.32. The van der Waals surface area contributed by atoms with E-state index in [0.29, 0.717) is 12.8 Å². The first-order chi connectivity index (χ1) is 13.5. The van der Waals surface area contributed by atoms with Crippen LogP contribution in [0, 0.1) is 0 Å². The first-order valence-electron chi connectivity index (χ1n) is 9.79. The average Bonchev–Trinajstić information content (AvgIpc) is 3.41. The quantitative estimate of drug-likeness (QED) is 0.570. The molecule has 8 nitrogen and oxygen atoms in total. The molecule has 0 amide bonds. The SMILES string of the molecule is CNC(Cc1ncc[nH]1)C(C)=O.CNC(Cc1ncc[nH]1)C(C)=O.[2HH].[2HH].[2H][2H].[2H][2H]. The van der Waals surface area contributed by atoms with E-state index in [1.54, 1.807) is 52.7 Å². The van der Waals surface area contributed by atoms with Gasteiger partial charge in [0.1, 0.15) is 23.2 Å². The Morgan fingerprint density at radius 1 is 1.00 bits per heavy atom.